The highest BCUT2D eigenvalue weighted by Crippen LogP contribution is 2.62. The largest absolute Gasteiger partial charge is 0.336 e. The second-order valence-corrected chi connectivity index (χ2v) is 13.9. The molecule has 0 unspecified atom stereocenters. The Morgan fingerprint density at radius 2 is 1.27 bits per heavy atom. The predicted molar refractivity (Wildman–Crippen MR) is 119 cm³/mol. The van der Waals surface area contributed by atoms with Gasteiger partial charge in [-0.05, 0) is 23.0 Å². The molecule has 1 heterocycles. The van der Waals surface area contributed by atoms with Crippen molar-refractivity contribution in [3.63, 3.8) is 0 Å². The molecule has 26 heavy (non-hydrogen) atoms. The van der Waals surface area contributed by atoms with Gasteiger partial charge in [0.25, 0.3) is 0 Å². The number of rotatable bonds is 4. The van der Waals surface area contributed by atoms with Crippen LogP contribution >= 0.6 is 8.07 Å². The fourth-order valence-corrected chi connectivity index (χ4v) is 8.31. The Kier molecular flexibility index (Phi) is 6.18. The first-order valence-electron chi connectivity index (χ1n) is 9.98. The zero-order chi connectivity index (χ0) is 19.9. The topological polar surface area (TPSA) is 6.48 Å². The zero-order valence-electron chi connectivity index (χ0n) is 18.6. The van der Waals surface area contributed by atoms with Crippen LogP contribution < -0.4 is 4.90 Å². The first kappa shape index (κ1) is 21.3. The molecule has 0 aromatic heterocycles. The molecule has 0 fully saturated rings. The zero-order valence-corrected chi connectivity index (χ0v) is 19.5. The SMILES string of the molecule is CC(C)c1cccc(C(C)C)c1N1C=CN(P(C(C)(C)C)C(C)(C)C)C1. The molecule has 1 aliphatic heterocycles. The second-order valence-electron chi connectivity index (χ2n) is 10.1. The van der Waals surface area contributed by atoms with Crippen molar-refractivity contribution in [2.45, 2.75) is 91.4 Å². The van der Waals surface area contributed by atoms with Gasteiger partial charge in [-0.3, -0.25) is 0 Å². The average Bonchev–Trinajstić information content (AvgIpc) is 2.91. The molecule has 0 aliphatic carbocycles. The van der Waals surface area contributed by atoms with Crippen LogP contribution in [0, 0.1) is 0 Å². The highest BCUT2D eigenvalue weighted by atomic mass is 31.1. The van der Waals surface area contributed by atoms with Crippen LogP contribution in [0.1, 0.15) is 92.2 Å². The molecule has 3 heteroatoms. The Morgan fingerprint density at radius 3 is 1.65 bits per heavy atom. The van der Waals surface area contributed by atoms with Crippen molar-refractivity contribution in [3.8, 4) is 0 Å². The quantitative estimate of drug-likeness (QED) is 0.504. The molecule has 0 amide bonds. The molecule has 146 valence electrons. The first-order chi connectivity index (χ1) is 11.8. The summed E-state index contributed by atoms with van der Waals surface area (Å²) in [5, 5.41) is 0.568. The van der Waals surface area contributed by atoms with E-state index in [0.29, 0.717) is 11.8 Å². The van der Waals surface area contributed by atoms with E-state index in [-0.39, 0.29) is 18.4 Å². The average molecular weight is 375 g/mol. The molecule has 0 saturated heterocycles. The number of benzene rings is 1. The van der Waals surface area contributed by atoms with Crippen LogP contribution in [0.3, 0.4) is 0 Å². The number of hydrogen-bond donors (Lipinski definition) is 0. The molecule has 0 atom stereocenters. The van der Waals surface area contributed by atoms with Crippen LogP contribution in [0.2, 0.25) is 0 Å². The lowest BCUT2D eigenvalue weighted by Gasteiger charge is -2.46. The molecule has 0 N–H and O–H groups in total. The second kappa shape index (κ2) is 7.55. The third kappa shape index (κ3) is 4.45. The summed E-state index contributed by atoms with van der Waals surface area (Å²) in [7, 11) is -0.306. The van der Waals surface area contributed by atoms with Gasteiger partial charge in [0.1, 0.15) is 0 Å². The van der Waals surface area contributed by atoms with Crippen LogP contribution in [-0.2, 0) is 0 Å². The summed E-state index contributed by atoms with van der Waals surface area (Å²) < 4.78 is 2.61. The fourth-order valence-electron chi connectivity index (χ4n) is 4.30. The van der Waals surface area contributed by atoms with Gasteiger partial charge < -0.3 is 9.57 Å². The molecular weight excluding hydrogens is 335 g/mol. The Labute approximate surface area is 163 Å². The summed E-state index contributed by atoms with van der Waals surface area (Å²) in [6.45, 7) is 24.5. The van der Waals surface area contributed by atoms with Crippen molar-refractivity contribution >= 4 is 13.8 Å². The third-order valence-electron chi connectivity index (χ3n) is 4.87. The third-order valence-corrected chi connectivity index (χ3v) is 8.19. The molecule has 1 aromatic carbocycles. The van der Waals surface area contributed by atoms with Crippen LogP contribution in [-0.4, -0.2) is 21.7 Å². The van der Waals surface area contributed by atoms with Crippen LogP contribution in [0.15, 0.2) is 30.6 Å². The summed E-state index contributed by atoms with van der Waals surface area (Å²) in [4.78, 5) is 2.48. The maximum Gasteiger partial charge on any atom is 0.0976 e. The van der Waals surface area contributed by atoms with Crippen molar-refractivity contribution in [1.82, 2.24) is 4.67 Å². The minimum Gasteiger partial charge on any atom is -0.336 e. The van der Waals surface area contributed by atoms with Gasteiger partial charge in [-0.25, -0.2) is 0 Å². The van der Waals surface area contributed by atoms with E-state index in [1.165, 1.54) is 16.8 Å². The number of nitrogens with zero attached hydrogens (tertiary/aromatic N) is 2. The normalized spacial score (nSPS) is 15.9. The smallest absolute Gasteiger partial charge is 0.0976 e. The molecule has 2 rings (SSSR count). The molecule has 0 radical (unpaired) electrons. The van der Waals surface area contributed by atoms with E-state index in [2.05, 4.69) is 109 Å². The van der Waals surface area contributed by atoms with Gasteiger partial charge in [0.15, 0.2) is 0 Å². The highest BCUT2D eigenvalue weighted by molar-refractivity contribution is 7.58. The maximum absolute atomic E-state index is 2.61. The van der Waals surface area contributed by atoms with Gasteiger partial charge in [0, 0.05) is 36.5 Å². The Balaban J connectivity index is 2.42. The van der Waals surface area contributed by atoms with Gasteiger partial charge in [0.05, 0.1) is 6.67 Å². The van der Waals surface area contributed by atoms with Crippen LogP contribution in [0.5, 0.6) is 0 Å². The summed E-state index contributed by atoms with van der Waals surface area (Å²) >= 11 is 0. The van der Waals surface area contributed by atoms with E-state index in [1.54, 1.807) is 0 Å². The van der Waals surface area contributed by atoms with Crippen LogP contribution in [0.4, 0.5) is 5.69 Å². The van der Waals surface area contributed by atoms with Crippen molar-refractivity contribution in [3.05, 3.63) is 41.7 Å². The van der Waals surface area contributed by atoms with E-state index in [0.717, 1.165) is 6.67 Å². The summed E-state index contributed by atoms with van der Waals surface area (Å²) in [6, 6.07) is 6.83. The summed E-state index contributed by atoms with van der Waals surface area (Å²) in [6.07, 6.45) is 4.64. The number of para-hydroxylation sites is 1. The predicted octanol–water partition coefficient (Wildman–Crippen LogP) is 7.48. The molecule has 0 spiro atoms. The molecule has 1 aromatic rings. The van der Waals surface area contributed by atoms with E-state index in [9.17, 15) is 0 Å². The molecule has 1 aliphatic rings. The Bertz CT molecular complexity index is 607. The first-order valence-corrected chi connectivity index (χ1v) is 11.3. The maximum atomic E-state index is 2.61. The van der Waals surface area contributed by atoms with Crippen molar-refractivity contribution < 1.29 is 0 Å². The van der Waals surface area contributed by atoms with E-state index in [1.807, 2.05) is 0 Å². The van der Waals surface area contributed by atoms with Crippen molar-refractivity contribution in [1.29, 1.82) is 0 Å². The van der Waals surface area contributed by atoms with Gasteiger partial charge >= 0.3 is 0 Å². The lowest BCUT2D eigenvalue weighted by molar-refractivity contribution is 0.569. The molecule has 0 bridgehead atoms. The number of anilines is 1. The van der Waals surface area contributed by atoms with Gasteiger partial charge in [-0.15, -0.1) is 0 Å². The standard InChI is InChI=1S/C23H39N2P/c1-17(2)19-12-11-13-20(18(3)4)21(19)24-14-15-25(16-24)26(22(5,6)7)23(8,9)10/h11-15,17-18H,16H2,1-10H3. The van der Waals surface area contributed by atoms with Gasteiger partial charge in [0.2, 0.25) is 0 Å². The minimum absolute atomic E-state index is 0.284. The lowest BCUT2D eigenvalue weighted by atomic mass is 9.92. The lowest BCUT2D eigenvalue weighted by Crippen LogP contribution is -2.35. The Morgan fingerprint density at radius 1 is 0.808 bits per heavy atom. The summed E-state index contributed by atoms with van der Waals surface area (Å²) in [5.74, 6) is 1.05. The van der Waals surface area contributed by atoms with E-state index < -0.39 is 0 Å². The molecule has 0 saturated carbocycles. The van der Waals surface area contributed by atoms with E-state index in [4.69, 9.17) is 0 Å². The fraction of sp³-hybridized carbons (Fsp3) is 0.652. The monoisotopic (exact) mass is 374 g/mol. The van der Waals surface area contributed by atoms with Gasteiger partial charge in [-0.2, -0.15) is 0 Å². The van der Waals surface area contributed by atoms with E-state index >= 15 is 0 Å². The summed E-state index contributed by atoms with van der Waals surface area (Å²) in [5.41, 5.74) is 4.34. The molecule has 2 nitrogen and oxygen atoms in total. The number of hydrogen-bond acceptors (Lipinski definition) is 2. The minimum atomic E-state index is -0.306. The van der Waals surface area contributed by atoms with Gasteiger partial charge in [-0.1, -0.05) is 87.4 Å². The highest BCUT2D eigenvalue weighted by Gasteiger charge is 2.40. The van der Waals surface area contributed by atoms with Crippen LogP contribution in [0.25, 0.3) is 0 Å². The van der Waals surface area contributed by atoms with Crippen molar-refractivity contribution in [2.75, 3.05) is 11.6 Å². The Hall–Kier alpha value is -1.01. The molecular formula is C23H39N2P. The van der Waals surface area contributed by atoms with Crippen molar-refractivity contribution in [2.24, 2.45) is 0 Å².